The maximum atomic E-state index is 13.1. The van der Waals surface area contributed by atoms with Crippen molar-refractivity contribution in [2.45, 2.75) is 44.7 Å². The number of likely N-dealkylation sites (tertiary alicyclic amines) is 1. The van der Waals surface area contributed by atoms with Crippen LogP contribution in [0.15, 0.2) is 23.1 Å². The molecule has 8 heteroatoms. The monoisotopic (exact) mass is 400 g/mol. The van der Waals surface area contributed by atoms with E-state index in [4.69, 9.17) is 0 Å². The van der Waals surface area contributed by atoms with E-state index >= 15 is 0 Å². The Morgan fingerprint density at radius 3 is 2.69 bits per heavy atom. The average molecular weight is 400 g/mol. The number of pyridine rings is 1. The van der Waals surface area contributed by atoms with E-state index < -0.39 is 0 Å². The molecule has 4 atom stereocenters. The van der Waals surface area contributed by atoms with Crippen LogP contribution >= 0.6 is 0 Å². The zero-order valence-corrected chi connectivity index (χ0v) is 17.0. The maximum absolute atomic E-state index is 13.1. The fraction of sp³-hybridized carbons (Fsp3) is 0.619. The summed E-state index contributed by atoms with van der Waals surface area (Å²) in [4.78, 5) is 53.1. The number of piperidine rings is 3. The number of amides is 3. The van der Waals surface area contributed by atoms with Gasteiger partial charge in [0.15, 0.2) is 0 Å². The van der Waals surface area contributed by atoms with Crippen molar-refractivity contribution in [2.75, 3.05) is 19.6 Å². The molecule has 1 aromatic rings. The van der Waals surface area contributed by atoms with E-state index in [1.807, 2.05) is 9.80 Å². The number of carbonyl (C=O) groups excluding carboxylic acids is 3. The molecule has 0 spiro atoms. The molecular weight excluding hydrogens is 372 g/mol. The second kappa shape index (κ2) is 7.65. The van der Waals surface area contributed by atoms with Crippen LogP contribution in [0.4, 0.5) is 0 Å². The summed E-state index contributed by atoms with van der Waals surface area (Å²) >= 11 is 0. The summed E-state index contributed by atoms with van der Waals surface area (Å²) in [6.07, 6.45) is 4.94. The van der Waals surface area contributed by atoms with Crippen molar-refractivity contribution < 1.29 is 14.4 Å². The fourth-order valence-electron chi connectivity index (χ4n) is 5.32. The molecule has 0 aromatic carbocycles. The molecule has 3 amide bonds. The minimum Gasteiger partial charge on any atom is -0.354 e. The van der Waals surface area contributed by atoms with Crippen LogP contribution in [0.25, 0.3) is 0 Å². The van der Waals surface area contributed by atoms with Gasteiger partial charge in [0.25, 0.3) is 11.5 Å². The maximum Gasteiger partial charge on any atom is 0.254 e. The highest BCUT2D eigenvalue weighted by Crippen LogP contribution is 2.41. The van der Waals surface area contributed by atoms with Crippen LogP contribution in [0, 0.1) is 11.8 Å². The summed E-state index contributed by atoms with van der Waals surface area (Å²) in [7, 11) is 1.66. The van der Waals surface area contributed by atoms with Crippen molar-refractivity contribution in [3.8, 4) is 0 Å². The van der Waals surface area contributed by atoms with Crippen LogP contribution in [-0.4, -0.2) is 63.8 Å². The standard InChI is InChI=1S/C21H28N4O4/c1-13(26)22-10-18-16-8-15(17-4-3-5-19(27)25(17)18)11-24(12-16)21(29)14-6-7-23(2)20(28)9-14/h6-7,9,15-18H,3-5,8,10-12H2,1-2H3,(H,22,26)/t15-,16+,17+,18+/m1/s1. The molecule has 1 aromatic heterocycles. The van der Waals surface area contributed by atoms with Gasteiger partial charge in [0.2, 0.25) is 11.8 Å². The van der Waals surface area contributed by atoms with Gasteiger partial charge in [0.1, 0.15) is 0 Å². The third-order valence-corrected chi connectivity index (χ3v) is 6.70. The van der Waals surface area contributed by atoms with Crippen molar-refractivity contribution in [2.24, 2.45) is 18.9 Å². The Hall–Kier alpha value is -2.64. The number of hydrogen-bond donors (Lipinski definition) is 1. The molecule has 3 fully saturated rings. The normalized spacial score (nSPS) is 28.7. The highest BCUT2D eigenvalue weighted by molar-refractivity contribution is 5.94. The number of carbonyl (C=O) groups is 3. The minimum absolute atomic E-state index is 0.0906. The number of rotatable bonds is 3. The number of fused-ring (bicyclic) bond motifs is 4. The van der Waals surface area contributed by atoms with Crippen molar-refractivity contribution in [3.05, 3.63) is 34.2 Å². The predicted octanol–water partition coefficient (Wildman–Crippen LogP) is 0.363. The van der Waals surface area contributed by atoms with E-state index in [2.05, 4.69) is 5.32 Å². The quantitative estimate of drug-likeness (QED) is 0.793. The Morgan fingerprint density at radius 2 is 1.97 bits per heavy atom. The van der Waals surface area contributed by atoms with Gasteiger partial charge in [-0.3, -0.25) is 19.2 Å². The third kappa shape index (κ3) is 3.68. The summed E-state index contributed by atoms with van der Waals surface area (Å²) < 4.78 is 1.44. The smallest absolute Gasteiger partial charge is 0.254 e. The highest BCUT2D eigenvalue weighted by Gasteiger charge is 2.50. The number of aryl methyl sites for hydroxylation is 1. The van der Waals surface area contributed by atoms with E-state index in [9.17, 15) is 19.2 Å². The van der Waals surface area contributed by atoms with Crippen LogP contribution in [0.1, 0.15) is 43.0 Å². The van der Waals surface area contributed by atoms with Crippen LogP contribution < -0.4 is 10.9 Å². The van der Waals surface area contributed by atoms with E-state index in [1.165, 1.54) is 17.6 Å². The summed E-state index contributed by atoms with van der Waals surface area (Å²) in [5.74, 6) is 0.275. The summed E-state index contributed by atoms with van der Waals surface area (Å²) in [6.45, 7) is 3.04. The van der Waals surface area contributed by atoms with Gasteiger partial charge < -0.3 is 19.7 Å². The first-order chi connectivity index (χ1) is 13.8. The first kappa shape index (κ1) is 19.7. The molecular formula is C21H28N4O4. The Balaban J connectivity index is 1.60. The molecule has 4 rings (SSSR count). The van der Waals surface area contributed by atoms with Gasteiger partial charge >= 0.3 is 0 Å². The number of hydrogen-bond acceptors (Lipinski definition) is 4. The van der Waals surface area contributed by atoms with E-state index in [-0.39, 0.29) is 47.2 Å². The van der Waals surface area contributed by atoms with E-state index in [0.29, 0.717) is 31.6 Å². The minimum atomic E-state index is -0.208. The zero-order valence-electron chi connectivity index (χ0n) is 17.0. The molecule has 3 aliphatic rings. The van der Waals surface area contributed by atoms with Crippen LogP contribution in [-0.2, 0) is 16.6 Å². The van der Waals surface area contributed by atoms with Gasteiger partial charge in [0, 0.05) is 63.9 Å². The first-order valence-electron chi connectivity index (χ1n) is 10.4. The predicted molar refractivity (Wildman–Crippen MR) is 106 cm³/mol. The molecule has 2 bridgehead atoms. The number of nitrogens with zero attached hydrogens (tertiary/aromatic N) is 3. The zero-order chi connectivity index (χ0) is 20.7. The Morgan fingerprint density at radius 1 is 1.21 bits per heavy atom. The lowest BCUT2D eigenvalue weighted by Crippen LogP contribution is -2.67. The Labute approximate surface area is 169 Å². The second-order valence-corrected chi connectivity index (χ2v) is 8.60. The molecule has 0 saturated carbocycles. The second-order valence-electron chi connectivity index (χ2n) is 8.60. The first-order valence-corrected chi connectivity index (χ1v) is 10.4. The van der Waals surface area contributed by atoms with Crippen LogP contribution in [0.5, 0.6) is 0 Å². The lowest BCUT2D eigenvalue weighted by molar-refractivity contribution is -0.151. The fourth-order valence-corrected chi connectivity index (χ4v) is 5.32. The molecule has 0 radical (unpaired) electrons. The SMILES string of the molecule is CC(=O)NC[C@H]1[C@H]2C[C@H](CN(C(=O)c3ccn(C)c(=O)c3)C2)[C@@H]2CCCC(=O)N21. The van der Waals surface area contributed by atoms with Gasteiger partial charge in [-0.1, -0.05) is 0 Å². The molecule has 1 N–H and O–H groups in total. The molecule has 29 heavy (non-hydrogen) atoms. The van der Waals surface area contributed by atoms with Crippen molar-refractivity contribution in [1.82, 2.24) is 19.7 Å². The number of aromatic nitrogens is 1. The Kier molecular flexibility index (Phi) is 5.19. The Bertz CT molecular complexity index is 895. The molecule has 4 heterocycles. The van der Waals surface area contributed by atoms with Crippen LogP contribution in [0.2, 0.25) is 0 Å². The van der Waals surface area contributed by atoms with E-state index in [1.54, 1.807) is 19.3 Å². The largest absolute Gasteiger partial charge is 0.354 e. The van der Waals surface area contributed by atoms with E-state index in [0.717, 1.165) is 19.3 Å². The van der Waals surface area contributed by atoms with Gasteiger partial charge in [-0.05, 0) is 37.2 Å². The molecule has 3 saturated heterocycles. The van der Waals surface area contributed by atoms with Crippen molar-refractivity contribution in [1.29, 1.82) is 0 Å². The van der Waals surface area contributed by atoms with Gasteiger partial charge in [-0.25, -0.2) is 0 Å². The molecule has 3 aliphatic heterocycles. The lowest BCUT2D eigenvalue weighted by Gasteiger charge is -2.56. The van der Waals surface area contributed by atoms with Crippen molar-refractivity contribution >= 4 is 17.7 Å². The average Bonchev–Trinajstić information content (AvgIpc) is 2.69. The molecule has 0 aliphatic carbocycles. The van der Waals surface area contributed by atoms with Crippen molar-refractivity contribution in [3.63, 3.8) is 0 Å². The van der Waals surface area contributed by atoms with Gasteiger partial charge in [-0.2, -0.15) is 0 Å². The highest BCUT2D eigenvalue weighted by atomic mass is 16.2. The third-order valence-electron chi connectivity index (χ3n) is 6.70. The molecule has 8 nitrogen and oxygen atoms in total. The topological polar surface area (TPSA) is 91.7 Å². The molecule has 0 unspecified atom stereocenters. The van der Waals surface area contributed by atoms with Gasteiger partial charge in [0.05, 0.1) is 6.04 Å². The lowest BCUT2D eigenvalue weighted by atomic mass is 9.72. The number of nitrogens with one attached hydrogen (secondary N) is 1. The van der Waals surface area contributed by atoms with Gasteiger partial charge in [-0.15, -0.1) is 0 Å². The summed E-state index contributed by atoms with van der Waals surface area (Å²) in [5.41, 5.74) is 0.198. The van der Waals surface area contributed by atoms with Crippen LogP contribution in [0.3, 0.4) is 0 Å². The summed E-state index contributed by atoms with van der Waals surface area (Å²) in [6, 6.07) is 3.09. The molecule has 156 valence electrons. The summed E-state index contributed by atoms with van der Waals surface area (Å²) in [5, 5.41) is 2.88.